The first-order valence-corrected chi connectivity index (χ1v) is 10.3. The number of benzene rings is 2. The number of aliphatic hydroxyl groups is 1. The van der Waals surface area contributed by atoms with Gasteiger partial charge in [-0.1, -0.05) is 30.3 Å². The summed E-state index contributed by atoms with van der Waals surface area (Å²) in [4.78, 5) is 15.5. The van der Waals surface area contributed by atoms with Crippen LogP contribution in [0.15, 0.2) is 54.6 Å². The fourth-order valence-corrected chi connectivity index (χ4v) is 3.85. The van der Waals surface area contributed by atoms with Gasteiger partial charge in [0, 0.05) is 24.7 Å². The summed E-state index contributed by atoms with van der Waals surface area (Å²) in [7, 11) is 0. The molecule has 2 aromatic carbocycles. The molecule has 164 valence electrons. The van der Waals surface area contributed by atoms with Crippen molar-refractivity contribution in [1.82, 2.24) is 19.5 Å². The van der Waals surface area contributed by atoms with Crippen molar-refractivity contribution in [3.05, 3.63) is 66.0 Å². The van der Waals surface area contributed by atoms with Gasteiger partial charge in [-0.25, -0.2) is 18.7 Å². The highest BCUT2D eigenvalue weighted by Crippen LogP contribution is 2.30. The fourth-order valence-electron chi connectivity index (χ4n) is 3.85. The smallest absolute Gasteiger partial charge is 0.296 e. The molecule has 0 radical (unpaired) electrons. The fraction of sp³-hybridized carbons (Fsp3) is 0.261. The molecule has 9 heteroatoms. The monoisotopic (exact) mass is 437 g/mol. The van der Waals surface area contributed by atoms with Crippen LogP contribution in [-0.2, 0) is 11.3 Å². The number of fused-ring (bicyclic) bond motifs is 1. The summed E-state index contributed by atoms with van der Waals surface area (Å²) in [5.41, 5.74) is 3.03. The van der Waals surface area contributed by atoms with E-state index in [1.54, 1.807) is 24.3 Å². The average molecular weight is 437 g/mol. The van der Waals surface area contributed by atoms with Gasteiger partial charge in [-0.15, -0.1) is 0 Å². The van der Waals surface area contributed by atoms with E-state index in [1.807, 2.05) is 30.3 Å². The molecule has 7 nitrogen and oxygen atoms in total. The van der Waals surface area contributed by atoms with Crippen LogP contribution < -0.4 is 4.90 Å². The summed E-state index contributed by atoms with van der Waals surface area (Å²) in [6, 6.07) is 16.1. The number of anilines is 1. The van der Waals surface area contributed by atoms with Gasteiger partial charge >= 0.3 is 0 Å². The van der Waals surface area contributed by atoms with Crippen LogP contribution in [0.25, 0.3) is 28.2 Å². The Morgan fingerprint density at radius 2 is 1.78 bits per heavy atom. The van der Waals surface area contributed by atoms with Gasteiger partial charge < -0.3 is 14.7 Å². The summed E-state index contributed by atoms with van der Waals surface area (Å²) in [6.45, 7) is 2.29. The molecule has 1 fully saturated rings. The Labute approximate surface area is 182 Å². The van der Waals surface area contributed by atoms with Crippen molar-refractivity contribution < 1.29 is 18.6 Å². The summed E-state index contributed by atoms with van der Waals surface area (Å²) in [5.74, 6) is 0.350. The minimum atomic E-state index is -2.79. The number of alkyl halides is 2. The van der Waals surface area contributed by atoms with Gasteiger partial charge in [0.05, 0.1) is 36.5 Å². The Morgan fingerprint density at radius 1 is 0.969 bits per heavy atom. The van der Waals surface area contributed by atoms with E-state index >= 15 is 0 Å². The first-order chi connectivity index (χ1) is 15.6. The molecule has 0 aliphatic carbocycles. The lowest BCUT2D eigenvalue weighted by Crippen LogP contribution is -2.37. The van der Waals surface area contributed by atoms with E-state index < -0.39 is 12.2 Å². The van der Waals surface area contributed by atoms with Gasteiger partial charge in [-0.2, -0.15) is 4.98 Å². The molecule has 5 rings (SSSR count). The van der Waals surface area contributed by atoms with Crippen molar-refractivity contribution in [2.45, 2.75) is 13.0 Å². The molecule has 2 aromatic heterocycles. The third kappa shape index (κ3) is 3.80. The lowest BCUT2D eigenvalue weighted by atomic mass is 10.1. The highest BCUT2D eigenvalue weighted by molar-refractivity contribution is 5.78. The Hall–Kier alpha value is -3.43. The van der Waals surface area contributed by atoms with Crippen molar-refractivity contribution in [3.63, 3.8) is 0 Å². The normalized spacial score (nSPS) is 14.4. The van der Waals surface area contributed by atoms with Crippen LogP contribution in [-0.4, -0.2) is 50.9 Å². The Bertz CT molecular complexity index is 1250. The summed E-state index contributed by atoms with van der Waals surface area (Å²) in [6.07, 6.45) is -2.79. The standard InChI is InChI=1S/C23H21F2N5O2/c24-21(25)22-26-17-6-1-2-7-19(17)30(22)23-27-18(16-5-3-4-15(12-16)14-31)13-20(28-23)29-8-10-32-11-9-29/h1-7,12-13,21,31H,8-11,14H2. The van der Waals surface area contributed by atoms with Gasteiger partial charge in [0.15, 0.2) is 5.82 Å². The number of imidazole rings is 1. The van der Waals surface area contributed by atoms with E-state index in [9.17, 15) is 13.9 Å². The minimum Gasteiger partial charge on any atom is -0.392 e. The molecule has 1 aliphatic heterocycles. The number of ether oxygens (including phenoxy) is 1. The highest BCUT2D eigenvalue weighted by atomic mass is 19.3. The van der Waals surface area contributed by atoms with Crippen LogP contribution in [0.1, 0.15) is 17.8 Å². The maximum absolute atomic E-state index is 13.9. The molecule has 0 bridgehead atoms. The maximum atomic E-state index is 13.9. The van der Waals surface area contributed by atoms with Crippen LogP contribution in [0.5, 0.6) is 0 Å². The number of aromatic nitrogens is 4. The van der Waals surface area contributed by atoms with Gasteiger partial charge in [0.25, 0.3) is 6.43 Å². The summed E-state index contributed by atoms with van der Waals surface area (Å²) >= 11 is 0. The molecular weight excluding hydrogens is 416 g/mol. The predicted molar refractivity (Wildman–Crippen MR) is 116 cm³/mol. The molecule has 32 heavy (non-hydrogen) atoms. The second-order valence-electron chi connectivity index (χ2n) is 7.46. The zero-order valence-electron chi connectivity index (χ0n) is 17.2. The molecule has 0 amide bonds. The minimum absolute atomic E-state index is 0.107. The van der Waals surface area contributed by atoms with E-state index in [-0.39, 0.29) is 12.6 Å². The third-order valence-electron chi connectivity index (χ3n) is 5.42. The number of rotatable bonds is 5. The zero-order valence-corrected chi connectivity index (χ0v) is 17.2. The maximum Gasteiger partial charge on any atom is 0.296 e. The van der Waals surface area contributed by atoms with Crippen LogP contribution in [0.3, 0.4) is 0 Å². The predicted octanol–water partition coefficient (Wildman–Crippen LogP) is 3.75. The van der Waals surface area contributed by atoms with Crippen molar-refractivity contribution in [2.24, 2.45) is 0 Å². The molecule has 0 spiro atoms. The van der Waals surface area contributed by atoms with Crippen molar-refractivity contribution in [2.75, 3.05) is 31.2 Å². The number of halogens is 2. The van der Waals surface area contributed by atoms with Gasteiger partial charge in [0.2, 0.25) is 5.95 Å². The number of nitrogens with zero attached hydrogens (tertiary/aromatic N) is 5. The largest absolute Gasteiger partial charge is 0.392 e. The third-order valence-corrected chi connectivity index (χ3v) is 5.42. The number of para-hydroxylation sites is 2. The number of morpholine rings is 1. The Balaban J connectivity index is 1.73. The van der Waals surface area contributed by atoms with Crippen molar-refractivity contribution in [3.8, 4) is 17.2 Å². The molecule has 1 aliphatic rings. The second-order valence-corrected chi connectivity index (χ2v) is 7.46. The molecule has 0 atom stereocenters. The highest BCUT2D eigenvalue weighted by Gasteiger charge is 2.24. The molecule has 0 saturated carbocycles. The number of hydrogen-bond donors (Lipinski definition) is 1. The molecule has 1 saturated heterocycles. The molecule has 3 heterocycles. The first-order valence-electron chi connectivity index (χ1n) is 10.3. The molecular formula is C23H21F2N5O2. The van der Waals surface area contributed by atoms with E-state index in [4.69, 9.17) is 4.74 Å². The topological polar surface area (TPSA) is 76.3 Å². The molecule has 1 N–H and O–H groups in total. The number of hydrogen-bond acceptors (Lipinski definition) is 6. The zero-order chi connectivity index (χ0) is 22.1. The van der Waals surface area contributed by atoms with E-state index in [0.29, 0.717) is 48.8 Å². The molecule has 4 aromatic rings. The first kappa shape index (κ1) is 20.5. The van der Waals surface area contributed by atoms with E-state index in [0.717, 1.165) is 11.1 Å². The Morgan fingerprint density at radius 3 is 2.56 bits per heavy atom. The van der Waals surface area contributed by atoms with Crippen molar-refractivity contribution in [1.29, 1.82) is 0 Å². The lowest BCUT2D eigenvalue weighted by molar-refractivity contribution is 0.122. The van der Waals surface area contributed by atoms with Gasteiger partial charge in [0.1, 0.15) is 5.82 Å². The number of aliphatic hydroxyl groups excluding tert-OH is 1. The summed E-state index contributed by atoms with van der Waals surface area (Å²) in [5, 5.41) is 9.54. The van der Waals surface area contributed by atoms with Gasteiger partial charge in [-0.3, -0.25) is 4.57 Å². The van der Waals surface area contributed by atoms with Crippen LogP contribution >= 0.6 is 0 Å². The van der Waals surface area contributed by atoms with Gasteiger partial charge in [-0.05, 0) is 23.8 Å². The second kappa shape index (κ2) is 8.60. The lowest BCUT2D eigenvalue weighted by Gasteiger charge is -2.28. The summed E-state index contributed by atoms with van der Waals surface area (Å²) < 4.78 is 34.6. The molecule has 0 unspecified atom stereocenters. The van der Waals surface area contributed by atoms with Crippen LogP contribution in [0.2, 0.25) is 0 Å². The SMILES string of the molecule is OCc1cccc(-c2cc(N3CCOCC3)nc(-n3c(C(F)F)nc4ccccc43)n2)c1. The van der Waals surface area contributed by atoms with E-state index in [1.165, 1.54) is 4.57 Å². The van der Waals surface area contributed by atoms with Crippen LogP contribution in [0, 0.1) is 0 Å². The van der Waals surface area contributed by atoms with Crippen LogP contribution in [0.4, 0.5) is 14.6 Å². The quantitative estimate of drug-likeness (QED) is 0.513. The Kier molecular flexibility index (Phi) is 5.50. The average Bonchev–Trinajstić information content (AvgIpc) is 3.24. The van der Waals surface area contributed by atoms with E-state index in [2.05, 4.69) is 19.9 Å². The van der Waals surface area contributed by atoms with Crippen molar-refractivity contribution >= 4 is 16.9 Å².